The van der Waals surface area contributed by atoms with Crippen LogP contribution in [0.15, 0.2) is 30.5 Å². The lowest BCUT2D eigenvalue weighted by molar-refractivity contribution is -0.387. The number of esters is 1. The number of hydrogen-bond donors (Lipinski definition) is 1. The van der Waals surface area contributed by atoms with Crippen LogP contribution >= 0.6 is 11.6 Å². The summed E-state index contributed by atoms with van der Waals surface area (Å²) in [6.07, 6.45) is 1.38. The van der Waals surface area contributed by atoms with Crippen LogP contribution in [-0.4, -0.2) is 76.5 Å². The van der Waals surface area contributed by atoms with Crippen molar-refractivity contribution in [3.05, 3.63) is 68.2 Å². The van der Waals surface area contributed by atoms with Gasteiger partial charge in [0.1, 0.15) is 0 Å². The highest BCUT2D eigenvalue weighted by atomic mass is 35.5. The Morgan fingerprint density at radius 2 is 2.03 bits per heavy atom. The Hall–Kier alpha value is -4.10. The largest absolute Gasteiger partial charge is 0.464 e. The van der Waals surface area contributed by atoms with Crippen LogP contribution in [0.1, 0.15) is 33.3 Å². The first kappa shape index (κ1) is 26.9. The van der Waals surface area contributed by atoms with E-state index < -0.39 is 28.3 Å². The molecule has 1 saturated heterocycles. The number of rotatable bonds is 6. The fourth-order valence-electron chi connectivity index (χ4n) is 4.14. The number of aromatic nitrogens is 3. The first-order valence-corrected chi connectivity index (χ1v) is 11.9. The molecule has 3 aromatic rings. The smallest absolute Gasteiger partial charge is 0.360 e. The van der Waals surface area contributed by atoms with Crippen LogP contribution < -0.4 is 10.2 Å². The van der Waals surface area contributed by atoms with Crippen LogP contribution in [0.3, 0.4) is 0 Å². The van der Waals surface area contributed by atoms with Gasteiger partial charge in [-0.2, -0.15) is 4.39 Å². The van der Waals surface area contributed by atoms with E-state index in [1.165, 1.54) is 24.9 Å². The number of carbonyl (C=O) groups is 2. The number of likely N-dealkylation sites (N-methyl/N-ethyl adjacent to an activating group) is 1. The molecule has 38 heavy (non-hydrogen) atoms. The zero-order valence-corrected chi connectivity index (χ0v) is 21.8. The van der Waals surface area contributed by atoms with Crippen molar-refractivity contribution < 1.29 is 23.6 Å². The van der Waals surface area contributed by atoms with Crippen molar-refractivity contribution in [2.24, 2.45) is 0 Å². The lowest BCUT2D eigenvalue weighted by Gasteiger charge is -2.39. The average molecular weight is 546 g/mol. The molecule has 14 heteroatoms. The summed E-state index contributed by atoms with van der Waals surface area (Å²) in [5.74, 6) is -2.51. The fourth-order valence-corrected chi connectivity index (χ4v) is 4.36. The number of ether oxygens (including phenoxy) is 1. The second-order valence-corrected chi connectivity index (χ2v) is 9.30. The van der Waals surface area contributed by atoms with E-state index in [0.29, 0.717) is 30.2 Å². The number of benzene rings is 2. The molecule has 12 nitrogen and oxygen atoms in total. The van der Waals surface area contributed by atoms with Crippen LogP contribution in [-0.2, 0) is 4.74 Å². The van der Waals surface area contributed by atoms with Crippen molar-refractivity contribution in [2.75, 3.05) is 44.0 Å². The number of carbonyl (C=O) groups excluding carboxylic acids is 2. The molecule has 1 aliphatic heterocycles. The highest BCUT2D eigenvalue weighted by Crippen LogP contribution is 2.34. The van der Waals surface area contributed by atoms with Gasteiger partial charge < -0.3 is 19.9 Å². The number of methoxy groups -OCH3 is 1. The Labute approximate surface area is 222 Å². The van der Waals surface area contributed by atoms with Crippen molar-refractivity contribution in [2.45, 2.75) is 19.9 Å². The first-order chi connectivity index (χ1) is 18.0. The molecule has 1 aromatic heterocycles. The van der Waals surface area contributed by atoms with Crippen LogP contribution in [0.2, 0.25) is 5.02 Å². The maximum atomic E-state index is 14.4. The first-order valence-electron chi connectivity index (χ1n) is 11.6. The number of anilines is 2. The summed E-state index contributed by atoms with van der Waals surface area (Å²) in [6.45, 7) is 5.50. The maximum absolute atomic E-state index is 14.4. The molecule has 2 aromatic carbocycles. The molecule has 0 saturated carbocycles. The average Bonchev–Trinajstić information content (AvgIpc) is 3.39. The molecule has 2 heterocycles. The number of nitrogens with one attached hydrogen (secondary N) is 1. The van der Waals surface area contributed by atoms with Gasteiger partial charge in [0.25, 0.3) is 5.91 Å². The van der Waals surface area contributed by atoms with Crippen molar-refractivity contribution in [3.63, 3.8) is 0 Å². The predicted octanol–water partition coefficient (Wildman–Crippen LogP) is 3.46. The topological polar surface area (TPSA) is 136 Å². The molecule has 1 N–H and O–H groups in total. The minimum atomic E-state index is -1.10. The number of nitrogens with zero attached hydrogens (tertiary/aromatic N) is 6. The van der Waals surface area contributed by atoms with Crippen molar-refractivity contribution in [1.82, 2.24) is 19.9 Å². The van der Waals surface area contributed by atoms with E-state index in [9.17, 15) is 24.1 Å². The second kappa shape index (κ2) is 10.7. The zero-order chi connectivity index (χ0) is 27.7. The van der Waals surface area contributed by atoms with E-state index in [0.717, 1.165) is 12.6 Å². The van der Waals surface area contributed by atoms with Gasteiger partial charge in [-0.15, -0.1) is 5.10 Å². The summed E-state index contributed by atoms with van der Waals surface area (Å²) >= 11 is 6.23. The molecule has 1 aliphatic rings. The fraction of sp³-hybridized carbons (Fsp3) is 0.333. The molecular formula is C24H25ClFN7O5. The van der Waals surface area contributed by atoms with Gasteiger partial charge in [-0.05, 0) is 39.1 Å². The third kappa shape index (κ3) is 5.15. The van der Waals surface area contributed by atoms with Gasteiger partial charge in [0.2, 0.25) is 5.82 Å². The molecule has 0 unspecified atom stereocenters. The predicted molar refractivity (Wildman–Crippen MR) is 138 cm³/mol. The molecule has 0 bridgehead atoms. The molecule has 1 amide bonds. The maximum Gasteiger partial charge on any atom is 0.360 e. The molecule has 4 rings (SSSR count). The summed E-state index contributed by atoms with van der Waals surface area (Å²) in [4.78, 5) is 39.9. The summed E-state index contributed by atoms with van der Waals surface area (Å²) < 4.78 is 20.4. The number of halogens is 2. The molecule has 1 fully saturated rings. The minimum absolute atomic E-state index is 0.00377. The van der Waals surface area contributed by atoms with Gasteiger partial charge >= 0.3 is 11.7 Å². The summed E-state index contributed by atoms with van der Waals surface area (Å²) in [5.41, 5.74) is 0.230. The Balaban J connectivity index is 1.76. The van der Waals surface area contributed by atoms with E-state index in [-0.39, 0.29) is 27.9 Å². The highest BCUT2D eigenvalue weighted by molar-refractivity contribution is 6.35. The highest BCUT2D eigenvalue weighted by Gasteiger charge is 2.27. The Kier molecular flexibility index (Phi) is 7.60. The third-order valence-corrected chi connectivity index (χ3v) is 7.01. The van der Waals surface area contributed by atoms with Crippen LogP contribution in [0, 0.1) is 22.9 Å². The standard InChI is InChI=1S/C24H25ClFN7O5/c1-13-11-31(8-7-30(13)3)19-6-5-15(32-12-18(28-29-32)24(35)38-4)9-17(19)27-23(34)16-10-20(33(36)37)22(26)14(2)21(16)25/h5-6,9-10,12-13H,7-8,11H2,1-4H3,(H,27,34)/t13-/m0/s1. The van der Waals surface area contributed by atoms with Crippen molar-refractivity contribution in [3.8, 4) is 5.69 Å². The van der Waals surface area contributed by atoms with Gasteiger partial charge in [-0.25, -0.2) is 9.48 Å². The lowest BCUT2D eigenvalue weighted by Crippen LogP contribution is -2.50. The van der Waals surface area contributed by atoms with E-state index in [4.69, 9.17) is 11.6 Å². The molecular weight excluding hydrogens is 521 g/mol. The van der Waals surface area contributed by atoms with Crippen LogP contribution in [0.25, 0.3) is 5.69 Å². The van der Waals surface area contributed by atoms with Crippen LogP contribution in [0.5, 0.6) is 0 Å². The van der Waals surface area contributed by atoms with Gasteiger partial charge in [-0.3, -0.25) is 14.9 Å². The Morgan fingerprint density at radius 3 is 2.68 bits per heavy atom. The number of nitro groups is 1. The van der Waals surface area contributed by atoms with Crippen molar-refractivity contribution in [1.29, 1.82) is 0 Å². The zero-order valence-electron chi connectivity index (χ0n) is 21.1. The minimum Gasteiger partial charge on any atom is -0.464 e. The van der Waals surface area contributed by atoms with E-state index in [1.54, 1.807) is 18.2 Å². The van der Waals surface area contributed by atoms with E-state index in [1.807, 2.05) is 7.05 Å². The van der Waals surface area contributed by atoms with Gasteiger partial charge in [-0.1, -0.05) is 16.8 Å². The van der Waals surface area contributed by atoms with Crippen LogP contribution in [0.4, 0.5) is 21.5 Å². The summed E-state index contributed by atoms with van der Waals surface area (Å²) in [6, 6.07) is 6.24. The van der Waals surface area contributed by atoms with Crippen molar-refractivity contribution >= 4 is 40.5 Å². The van der Waals surface area contributed by atoms with Gasteiger partial charge in [0.05, 0.1) is 45.9 Å². The summed E-state index contributed by atoms with van der Waals surface area (Å²) in [7, 11) is 3.26. The molecule has 0 aliphatic carbocycles. The second-order valence-electron chi connectivity index (χ2n) is 8.92. The number of piperazine rings is 1. The quantitative estimate of drug-likeness (QED) is 0.280. The monoisotopic (exact) mass is 545 g/mol. The van der Waals surface area contributed by atoms with E-state index in [2.05, 4.69) is 37.1 Å². The Morgan fingerprint density at radius 1 is 1.29 bits per heavy atom. The molecule has 1 atom stereocenters. The lowest BCUT2D eigenvalue weighted by atomic mass is 10.1. The van der Waals surface area contributed by atoms with Gasteiger partial charge in [0, 0.05) is 37.3 Å². The Bertz CT molecular complexity index is 1430. The number of amides is 1. The number of hydrogen-bond acceptors (Lipinski definition) is 9. The molecule has 0 spiro atoms. The third-order valence-electron chi connectivity index (χ3n) is 6.52. The summed E-state index contributed by atoms with van der Waals surface area (Å²) in [5, 5.41) is 21.7. The molecule has 200 valence electrons. The number of nitro benzene ring substituents is 1. The normalized spacial score (nSPS) is 15.8. The molecule has 0 radical (unpaired) electrons. The van der Waals surface area contributed by atoms with E-state index >= 15 is 0 Å². The SMILES string of the molecule is COC(=O)c1cn(-c2ccc(N3CCN(C)[C@@H](C)C3)c(NC(=O)c3cc([N+](=O)[O-])c(F)c(C)c3Cl)c2)nn1. The van der Waals surface area contributed by atoms with Gasteiger partial charge in [0.15, 0.2) is 5.69 Å².